The normalized spacial score (nSPS) is 12.1. The average Bonchev–Trinajstić information content (AvgIpc) is 2.54. The maximum atomic E-state index is 12.0. The summed E-state index contributed by atoms with van der Waals surface area (Å²) in [5.74, 6) is 1.10. The number of carbonyl (C=O) groups is 1. The highest BCUT2D eigenvalue weighted by Crippen LogP contribution is 2.22. The summed E-state index contributed by atoms with van der Waals surface area (Å²) >= 11 is 8.07. The average molecular weight is 333 g/mol. The van der Waals surface area contributed by atoms with Crippen LogP contribution in [0.3, 0.4) is 0 Å². The fourth-order valence-electron chi connectivity index (χ4n) is 2.13. The Labute approximate surface area is 142 Å². The molecule has 0 fully saturated rings. The molecule has 0 N–H and O–H groups in total. The largest absolute Gasteiger partial charge is 0.299 e. The Balaban J connectivity index is 1.68. The molecule has 0 amide bonds. The number of rotatable bonds is 8. The van der Waals surface area contributed by atoms with E-state index in [0.29, 0.717) is 12.8 Å². The highest BCUT2D eigenvalue weighted by Gasteiger charge is 2.10. The number of aryl methyl sites for hydroxylation is 1. The molecule has 3 heteroatoms. The molecule has 2 aromatic rings. The van der Waals surface area contributed by atoms with Gasteiger partial charge in [0, 0.05) is 28.9 Å². The Kier molecular flexibility index (Phi) is 7.01. The molecule has 0 heterocycles. The number of hydrogen-bond donors (Lipinski definition) is 0. The van der Waals surface area contributed by atoms with Crippen LogP contribution in [0.5, 0.6) is 0 Å². The fraction of sp³-hybridized carbons (Fsp3) is 0.316. The molecule has 116 valence electrons. The molecule has 0 aromatic heterocycles. The van der Waals surface area contributed by atoms with Crippen LogP contribution < -0.4 is 0 Å². The second-order valence-electron chi connectivity index (χ2n) is 5.46. The van der Waals surface area contributed by atoms with Gasteiger partial charge in [0.25, 0.3) is 0 Å². The first-order chi connectivity index (χ1) is 10.6. The first-order valence-corrected chi connectivity index (χ1v) is 8.95. The summed E-state index contributed by atoms with van der Waals surface area (Å²) in [5, 5.41) is 0.0344. The van der Waals surface area contributed by atoms with Crippen molar-refractivity contribution in [1.82, 2.24) is 0 Å². The molecule has 0 saturated heterocycles. The smallest absolute Gasteiger partial charge is 0.137 e. The van der Waals surface area contributed by atoms with Crippen LogP contribution in [0.15, 0.2) is 59.5 Å². The van der Waals surface area contributed by atoms with E-state index >= 15 is 0 Å². The molecule has 1 unspecified atom stereocenters. The molecule has 0 aliphatic heterocycles. The molecule has 2 rings (SSSR count). The Morgan fingerprint density at radius 1 is 1.09 bits per heavy atom. The van der Waals surface area contributed by atoms with Gasteiger partial charge in [0.1, 0.15) is 5.78 Å². The van der Waals surface area contributed by atoms with Gasteiger partial charge in [-0.15, -0.1) is 23.4 Å². The van der Waals surface area contributed by atoms with Gasteiger partial charge < -0.3 is 0 Å². The fourth-order valence-corrected chi connectivity index (χ4v) is 3.31. The Hall–Kier alpha value is -1.25. The first kappa shape index (κ1) is 17.1. The predicted octanol–water partition coefficient (Wildman–Crippen LogP) is 5.29. The molecule has 0 aliphatic carbocycles. The van der Waals surface area contributed by atoms with E-state index in [9.17, 15) is 4.79 Å². The van der Waals surface area contributed by atoms with Crippen molar-refractivity contribution in [3.8, 4) is 0 Å². The molecule has 0 spiro atoms. The van der Waals surface area contributed by atoms with Gasteiger partial charge in [-0.1, -0.05) is 48.0 Å². The first-order valence-electron chi connectivity index (χ1n) is 7.52. The van der Waals surface area contributed by atoms with E-state index in [0.717, 1.165) is 17.7 Å². The minimum absolute atomic E-state index is 0.0344. The maximum Gasteiger partial charge on any atom is 0.137 e. The van der Waals surface area contributed by atoms with E-state index in [2.05, 4.69) is 12.1 Å². The number of halogens is 1. The quantitative estimate of drug-likeness (QED) is 0.483. The molecule has 0 bridgehead atoms. The van der Waals surface area contributed by atoms with Gasteiger partial charge in [-0.2, -0.15) is 0 Å². The molecule has 0 radical (unpaired) electrons. The lowest BCUT2D eigenvalue weighted by Gasteiger charge is -2.09. The van der Waals surface area contributed by atoms with Gasteiger partial charge in [-0.05, 0) is 31.0 Å². The highest BCUT2D eigenvalue weighted by molar-refractivity contribution is 7.99. The number of thioether (sulfide) groups is 1. The maximum absolute atomic E-state index is 12.0. The summed E-state index contributed by atoms with van der Waals surface area (Å²) in [4.78, 5) is 13.2. The summed E-state index contributed by atoms with van der Waals surface area (Å²) < 4.78 is 0. The predicted molar refractivity (Wildman–Crippen MR) is 95.9 cm³/mol. The van der Waals surface area contributed by atoms with Crippen LogP contribution in [0.1, 0.15) is 24.0 Å². The van der Waals surface area contributed by atoms with Gasteiger partial charge in [-0.25, -0.2) is 0 Å². The SMILES string of the molecule is Cc1ccc(CC(=O)CCC(Cl)CSc2ccccc2)cc1. The highest BCUT2D eigenvalue weighted by atomic mass is 35.5. The molecule has 0 aliphatic rings. The Morgan fingerprint density at radius 2 is 1.77 bits per heavy atom. The van der Waals surface area contributed by atoms with Crippen molar-refractivity contribution < 1.29 is 4.79 Å². The summed E-state index contributed by atoms with van der Waals surface area (Å²) in [7, 11) is 0. The van der Waals surface area contributed by atoms with Crippen LogP contribution in [0.25, 0.3) is 0 Å². The van der Waals surface area contributed by atoms with Crippen LogP contribution in [-0.2, 0) is 11.2 Å². The second-order valence-corrected chi connectivity index (χ2v) is 7.17. The van der Waals surface area contributed by atoms with Crippen molar-refractivity contribution in [2.45, 2.75) is 36.5 Å². The number of ketones is 1. The third kappa shape index (κ3) is 6.25. The molecular weight excluding hydrogens is 312 g/mol. The Morgan fingerprint density at radius 3 is 2.45 bits per heavy atom. The summed E-state index contributed by atoms with van der Waals surface area (Å²) in [6, 6.07) is 18.4. The zero-order valence-corrected chi connectivity index (χ0v) is 14.4. The monoisotopic (exact) mass is 332 g/mol. The van der Waals surface area contributed by atoms with E-state index in [1.54, 1.807) is 11.8 Å². The molecule has 2 aromatic carbocycles. The zero-order chi connectivity index (χ0) is 15.8. The van der Waals surface area contributed by atoms with E-state index in [1.165, 1.54) is 10.5 Å². The Bertz CT molecular complexity index is 580. The molecule has 22 heavy (non-hydrogen) atoms. The van der Waals surface area contributed by atoms with Gasteiger partial charge in [0.15, 0.2) is 0 Å². The summed E-state index contributed by atoms with van der Waals surface area (Å²) in [5.41, 5.74) is 2.30. The van der Waals surface area contributed by atoms with Gasteiger partial charge in [0.2, 0.25) is 0 Å². The van der Waals surface area contributed by atoms with Crippen molar-refractivity contribution in [2.75, 3.05) is 5.75 Å². The van der Waals surface area contributed by atoms with Gasteiger partial charge in [0.05, 0.1) is 0 Å². The van der Waals surface area contributed by atoms with Crippen LogP contribution in [0, 0.1) is 6.92 Å². The lowest BCUT2D eigenvalue weighted by Crippen LogP contribution is -2.09. The van der Waals surface area contributed by atoms with E-state index in [4.69, 9.17) is 11.6 Å². The zero-order valence-electron chi connectivity index (χ0n) is 12.8. The van der Waals surface area contributed by atoms with Gasteiger partial charge >= 0.3 is 0 Å². The number of Topliss-reactive ketones (excluding diaryl/α,β-unsaturated/α-hetero) is 1. The lowest BCUT2D eigenvalue weighted by molar-refractivity contribution is -0.118. The van der Waals surface area contributed by atoms with Crippen molar-refractivity contribution in [3.05, 3.63) is 65.7 Å². The molecular formula is C19H21ClOS. The number of carbonyl (C=O) groups excluding carboxylic acids is 1. The van der Waals surface area contributed by atoms with E-state index in [1.807, 2.05) is 49.4 Å². The topological polar surface area (TPSA) is 17.1 Å². The lowest BCUT2D eigenvalue weighted by atomic mass is 10.0. The van der Waals surface area contributed by atoms with Gasteiger partial charge in [-0.3, -0.25) is 4.79 Å². The van der Waals surface area contributed by atoms with E-state index < -0.39 is 0 Å². The summed E-state index contributed by atoms with van der Waals surface area (Å²) in [6.07, 6.45) is 1.80. The van der Waals surface area contributed by atoms with Crippen molar-refractivity contribution in [1.29, 1.82) is 0 Å². The number of benzene rings is 2. The molecule has 1 nitrogen and oxygen atoms in total. The third-order valence-electron chi connectivity index (χ3n) is 3.43. The third-order valence-corrected chi connectivity index (χ3v) is 5.16. The van der Waals surface area contributed by atoms with Crippen LogP contribution >= 0.6 is 23.4 Å². The van der Waals surface area contributed by atoms with Crippen molar-refractivity contribution >= 4 is 29.1 Å². The van der Waals surface area contributed by atoms with Crippen molar-refractivity contribution in [3.63, 3.8) is 0 Å². The van der Waals surface area contributed by atoms with Crippen LogP contribution in [0.4, 0.5) is 0 Å². The van der Waals surface area contributed by atoms with E-state index in [-0.39, 0.29) is 11.2 Å². The minimum Gasteiger partial charge on any atom is -0.299 e. The number of hydrogen-bond acceptors (Lipinski definition) is 2. The number of alkyl halides is 1. The van der Waals surface area contributed by atoms with Crippen LogP contribution in [-0.4, -0.2) is 16.9 Å². The molecule has 0 saturated carbocycles. The summed E-state index contributed by atoms with van der Waals surface area (Å²) in [6.45, 7) is 2.05. The van der Waals surface area contributed by atoms with Crippen LogP contribution in [0.2, 0.25) is 0 Å². The second kappa shape index (κ2) is 9.02. The van der Waals surface area contributed by atoms with Crippen molar-refractivity contribution in [2.24, 2.45) is 0 Å². The molecule has 1 atom stereocenters. The standard InChI is InChI=1S/C19H21ClOS/c1-15-7-9-16(10-8-15)13-18(21)12-11-17(20)14-22-19-5-3-2-4-6-19/h2-10,17H,11-14H2,1H3. The minimum atomic E-state index is 0.0344.